The van der Waals surface area contributed by atoms with Crippen LogP contribution in [0.3, 0.4) is 0 Å². The lowest BCUT2D eigenvalue weighted by Crippen LogP contribution is -2.23. The summed E-state index contributed by atoms with van der Waals surface area (Å²) in [6.45, 7) is 2.71. The van der Waals surface area contributed by atoms with Gasteiger partial charge in [-0.1, -0.05) is 11.6 Å². The van der Waals surface area contributed by atoms with Crippen molar-refractivity contribution in [2.45, 2.75) is 20.4 Å². The maximum atomic E-state index is 11.2. The molecule has 108 valence electrons. The molecule has 0 spiro atoms. The van der Waals surface area contributed by atoms with E-state index < -0.39 is 4.92 Å². The maximum Gasteiger partial charge on any atom is 0.276 e. The van der Waals surface area contributed by atoms with Crippen molar-refractivity contribution in [3.63, 3.8) is 0 Å². The van der Waals surface area contributed by atoms with E-state index in [1.807, 2.05) is 0 Å². The Morgan fingerprint density at radius 2 is 2.00 bits per heavy atom. The molecule has 1 aromatic rings. The second kappa shape index (κ2) is 6.33. The number of benzene rings is 1. The lowest BCUT2D eigenvalue weighted by atomic mass is 10.1. The van der Waals surface area contributed by atoms with Gasteiger partial charge in [0, 0.05) is 27.0 Å². The molecule has 0 saturated heterocycles. The van der Waals surface area contributed by atoms with Gasteiger partial charge in [-0.15, -0.1) is 0 Å². The Morgan fingerprint density at radius 1 is 1.40 bits per heavy atom. The van der Waals surface area contributed by atoms with Gasteiger partial charge in [0.05, 0.1) is 27.7 Å². The third-order valence-corrected chi connectivity index (χ3v) is 2.93. The molecule has 0 aliphatic carbocycles. The molecule has 1 N–H and O–H groups in total. The Bertz CT molecular complexity index is 574. The average molecular weight is 300 g/mol. The maximum absolute atomic E-state index is 11.2. The second-order valence-electron chi connectivity index (χ2n) is 4.27. The van der Waals surface area contributed by atoms with Crippen molar-refractivity contribution >= 4 is 34.8 Å². The minimum atomic E-state index is -0.577. The number of nitro benzene ring substituents is 1. The smallest absolute Gasteiger partial charge is 0.276 e. The van der Waals surface area contributed by atoms with E-state index in [9.17, 15) is 19.7 Å². The van der Waals surface area contributed by atoms with E-state index in [0.717, 1.165) is 6.07 Å². The van der Waals surface area contributed by atoms with Crippen LogP contribution in [0.5, 0.6) is 0 Å². The van der Waals surface area contributed by atoms with Crippen LogP contribution < -0.4 is 5.32 Å². The molecule has 0 unspecified atom stereocenters. The van der Waals surface area contributed by atoms with Crippen LogP contribution in [0.1, 0.15) is 19.4 Å². The number of carbonyl (C=O) groups is 2. The molecule has 1 aromatic carbocycles. The minimum absolute atomic E-state index is 0.0510. The third-order valence-electron chi connectivity index (χ3n) is 2.62. The normalized spacial score (nSPS) is 10.0. The zero-order chi connectivity index (χ0) is 15.4. The van der Waals surface area contributed by atoms with Crippen molar-refractivity contribution in [2.75, 3.05) is 12.4 Å². The molecule has 0 radical (unpaired) electrons. The number of nitro groups is 1. The van der Waals surface area contributed by atoms with Crippen LogP contribution in [0.2, 0.25) is 5.02 Å². The monoisotopic (exact) mass is 299 g/mol. The van der Waals surface area contributed by atoms with Crippen molar-refractivity contribution in [3.8, 4) is 0 Å². The summed E-state index contributed by atoms with van der Waals surface area (Å²) >= 11 is 5.89. The first-order valence-electron chi connectivity index (χ1n) is 5.68. The van der Waals surface area contributed by atoms with Gasteiger partial charge in [-0.25, -0.2) is 0 Å². The number of hydrogen-bond acceptors (Lipinski definition) is 4. The number of nitrogens with one attached hydrogen (secondary N) is 1. The van der Waals surface area contributed by atoms with Crippen molar-refractivity contribution < 1.29 is 14.5 Å². The van der Waals surface area contributed by atoms with Gasteiger partial charge in [0.1, 0.15) is 0 Å². The lowest BCUT2D eigenvalue weighted by molar-refractivity contribution is -0.385. The molecule has 0 bridgehead atoms. The largest absolute Gasteiger partial charge is 0.341 e. The predicted molar refractivity (Wildman–Crippen MR) is 74.6 cm³/mol. The van der Waals surface area contributed by atoms with E-state index in [2.05, 4.69) is 5.32 Å². The number of amides is 2. The molecule has 0 aliphatic heterocycles. The van der Waals surface area contributed by atoms with Gasteiger partial charge in [-0.3, -0.25) is 19.7 Å². The van der Waals surface area contributed by atoms with Gasteiger partial charge >= 0.3 is 0 Å². The summed E-state index contributed by atoms with van der Waals surface area (Å²) in [5.41, 5.74) is 0.370. The molecule has 0 aliphatic rings. The van der Waals surface area contributed by atoms with Crippen LogP contribution in [0.25, 0.3) is 0 Å². The van der Waals surface area contributed by atoms with Crippen LogP contribution in [0.15, 0.2) is 12.1 Å². The van der Waals surface area contributed by atoms with Crippen LogP contribution >= 0.6 is 11.6 Å². The highest BCUT2D eigenvalue weighted by atomic mass is 35.5. The van der Waals surface area contributed by atoms with Crippen molar-refractivity contribution in [1.29, 1.82) is 0 Å². The molecule has 2 amide bonds. The molecule has 8 heteroatoms. The number of carbonyl (C=O) groups excluding carboxylic acids is 2. The van der Waals surface area contributed by atoms with Crippen LogP contribution in [0.4, 0.5) is 11.4 Å². The highest BCUT2D eigenvalue weighted by molar-refractivity contribution is 6.34. The van der Waals surface area contributed by atoms with Gasteiger partial charge < -0.3 is 10.2 Å². The molecule has 0 aromatic heterocycles. The third kappa shape index (κ3) is 3.92. The molecule has 0 fully saturated rings. The minimum Gasteiger partial charge on any atom is -0.341 e. The summed E-state index contributed by atoms with van der Waals surface area (Å²) < 4.78 is 0. The molecule has 0 saturated carbocycles. The second-order valence-corrected chi connectivity index (χ2v) is 4.68. The Labute approximate surface area is 120 Å². The van der Waals surface area contributed by atoms with Gasteiger partial charge in [-0.2, -0.15) is 0 Å². The number of rotatable bonds is 4. The molecule has 20 heavy (non-hydrogen) atoms. The average Bonchev–Trinajstić information content (AvgIpc) is 2.31. The zero-order valence-corrected chi connectivity index (χ0v) is 12.0. The van der Waals surface area contributed by atoms with Gasteiger partial charge in [0.2, 0.25) is 11.8 Å². The number of hydrogen-bond donors (Lipinski definition) is 1. The van der Waals surface area contributed by atoms with E-state index in [1.165, 1.54) is 31.9 Å². The van der Waals surface area contributed by atoms with Crippen molar-refractivity contribution in [3.05, 3.63) is 32.8 Å². The molecule has 1 rings (SSSR count). The fraction of sp³-hybridized carbons (Fsp3) is 0.333. The summed E-state index contributed by atoms with van der Waals surface area (Å²) in [5.74, 6) is -0.568. The lowest BCUT2D eigenvalue weighted by Gasteiger charge is -2.16. The highest BCUT2D eigenvalue weighted by Crippen LogP contribution is 2.31. The van der Waals surface area contributed by atoms with Crippen LogP contribution in [-0.2, 0) is 16.1 Å². The van der Waals surface area contributed by atoms with E-state index in [1.54, 1.807) is 0 Å². The SMILES string of the molecule is CC(=O)Nc1cc(CN(C)C(C)=O)c([N+](=O)[O-])cc1Cl. The first kappa shape index (κ1) is 15.9. The Hall–Kier alpha value is -2.15. The summed E-state index contributed by atoms with van der Waals surface area (Å²) in [5, 5.41) is 13.6. The quantitative estimate of drug-likeness (QED) is 0.681. The summed E-state index contributed by atoms with van der Waals surface area (Å²) in [6.07, 6.45) is 0. The van der Waals surface area contributed by atoms with E-state index in [4.69, 9.17) is 11.6 Å². The fourth-order valence-corrected chi connectivity index (χ4v) is 1.76. The van der Waals surface area contributed by atoms with Crippen LogP contribution in [0, 0.1) is 10.1 Å². The molecule has 0 atom stereocenters. The van der Waals surface area contributed by atoms with E-state index in [-0.39, 0.29) is 34.8 Å². The van der Waals surface area contributed by atoms with Crippen LogP contribution in [-0.4, -0.2) is 28.7 Å². The highest BCUT2D eigenvalue weighted by Gasteiger charge is 2.19. The van der Waals surface area contributed by atoms with Gasteiger partial charge in [0.15, 0.2) is 0 Å². The number of nitrogens with zero attached hydrogens (tertiary/aromatic N) is 2. The molecule has 7 nitrogen and oxygen atoms in total. The van der Waals surface area contributed by atoms with E-state index in [0.29, 0.717) is 5.56 Å². The first-order chi connectivity index (χ1) is 9.22. The van der Waals surface area contributed by atoms with Crippen molar-refractivity contribution in [2.24, 2.45) is 0 Å². The standard InChI is InChI=1S/C12H14ClN3O4/c1-7(17)14-11-4-9(6-15(3)8(2)18)12(16(19)20)5-10(11)13/h4-5H,6H2,1-3H3,(H,14,17). The number of halogens is 1. The molecular formula is C12H14ClN3O4. The fourth-order valence-electron chi connectivity index (χ4n) is 1.56. The first-order valence-corrected chi connectivity index (χ1v) is 6.06. The summed E-state index contributed by atoms with van der Waals surface area (Å²) in [7, 11) is 1.53. The Morgan fingerprint density at radius 3 is 2.45 bits per heavy atom. The Balaban J connectivity index is 3.26. The zero-order valence-electron chi connectivity index (χ0n) is 11.3. The topological polar surface area (TPSA) is 92.6 Å². The number of anilines is 1. The predicted octanol–water partition coefficient (Wildman–Crippen LogP) is 2.18. The summed E-state index contributed by atoms with van der Waals surface area (Å²) in [4.78, 5) is 34.0. The molecule has 0 heterocycles. The van der Waals surface area contributed by atoms with Gasteiger partial charge in [0.25, 0.3) is 5.69 Å². The van der Waals surface area contributed by atoms with Crippen molar-refractivity contribution in [1.82, 2.24) is 4.90 Å². The van der Waals surface area contributed by atoms with E-state index >= 15 is 0 Å². The van der Waals surface area contributed by atoms with Gasteiger partial charge in [-0.05, 0) is 6.07 Å². The Kier molecular flexibility index (Phi) is 5.04. The summed E-state index contributed by atoms with van der Waals surface area (Å²) in [6, 6.07) is 2.57. The molecular weight excluding hydrogens is 286 g/mol.